The first-order chi connectivity index (χ1) is 22.5. The van der Waals surface area contributed by atoms with E-state index >= 15 is 0 Å². The molecule has 1 aliphatic carbocycles. The molecule has 4 N–H and O–H groups in total. The van der Waals surface area contributed by atoms with Gasteiger partial charge in [-0.15, -0.1) is 0 Å². The van der Waals surface area contributed by atoms with E-state index in [1.165, 1.54) is 18.2 Å². The van der Waals surface area contributed by atoms with Gasteiger partial charge in [0.25, 0.3) is 5.91 Å². The zero-order valence-electron chi connectivity index (χ0n) is 27.9. The number of aryl methyl sites for hydroxylation is 1. The summed E-state index contributed by atoms with van der Waals surface area (Å²) in [4.78, 5) is 28.4. The highest BCUT2D eigenvalue weighted by Crippen LogP contribution is 2.45. The van der Waals surface area contributed by atoms with Crippen LogP contribution in [-0.4, -0.2) is 69.8 Å². The summed E-state index contributed by atoms with van der Waals surface area (Å²) in [6, 6.07) is 12.0. The Kier molecular flexibility index (Phi) is 9.69. The standard InChI is InChI=1S/C37H42N4O6/c1-7-40(8-2)24-12-15-27-32(19-24)47-33-20-25(41(9-3)10-4)13-16-28(33)34(27)29-18-23(11-14-26(29)37(45)46)36(44)38-21-30-35(43)31(42)17-22(5)39(30)6/h11-19,33H,7-10,20-21H2,1-6H3,(H2-,38,43,44,45,46)/p+2. The van der Waals surface area contributed by atoms with Gasteiger partial charge in [0.05, 0.1) is 18.1 Å². The Hall–Kier alpha value is -5.12. The lowest BCUT2D eigenvalue weighted by molar-refractivity contribution is -0.685. The smallest absolute Gasteiger partial charge is 0.336 e. The van der Waals surface area contributed by atoms with Crippen LogP contribution in [0.1, 0.15) is 77.3 Å². The van der Waals surface area contributed by atoms with Crippen molar-refractivity contribution in [2.24, 2.45) is 7.05 Å². The molecule has 10 heteroatoms. The van der Waals surface area contributed by atoms with E-state index < -0.39 is 11.9 Å². The summed E-state index contributed by atoms with van der Waals surface area (Å²) in [5.74, 6) is -1.48. The van der Waals surface area contributed by atoms with Crippen LogP contribution >= 0.6 is 0 Å². The molecule has 0 fully saturated rings. The number of nitrogens with zero attached hydrogens (tertiary/aromatic N) is 3. The van der Waals surface area contributed by atoms with Gasteiger partial charge in [0.2, 0.25) is 11.4 Å². The molecule has 0 spiro atoms. The maximum Gasteiger partial charge on any atom is 0.336 e. The van der Waals surface area contributed by atoms with Crippen LogP contribution in [0.25, 0.3) is 5.57 Å². The number of carboxylic acid groups (broad SMARTS) is 1. The van der Waals surface area contributed by atoms with Crippen molar-refractivity contribution < 1.29 is 38.8 Å². The molecule has 0 saturated carbocycles. The number of ether oxygens (including phenoxy) is 1. The maximum atomic E-state index is 13.5. The molecule has 0 bridgehead atoms. The van der Waals surface area contributed by atoms with Crippen molar-refractivity contribution in [3.05, 3.63) is 93.8 Å². The van der Waals surface area contributed by atoms with Crippen molar-refractivity contribution in [3.8, 4) is 17.2 Å². The first-order valence-corrected chi connectivity index (χ1v) is 16.2. The number of pyridine rings is 1. The molecule has 5 rings (SSSR count). The molecule has 2 heterocycles. The van der Waals surface area contributed by atoms with E-state index in [9.17, 15) is 24.9 Å². The van der Waals surface area contributed by atoms with Crippen molar-refractivity contribution >= 4 is 28.8 Å². The average molecular weight is 641 g/mol. The Bertz CT molecular complexity index is 1800. The molecular weight excluding hydrogens is 596 g/mol. The number of allylic oxidation sites excluding steroid dienone is 1. The monoisotopic (exact) mass is 640 g/mol. The van der Waals surface area contributed by atoms with E-state index in [-0.39, 0.29) is 35.3 Å². The molecule has 3 aromatic rings. The molecule has 2 aliphatic rings. The summed E-state index contributed by atoms with van der Waals surface area (Å²) in [5, 5.41) is 33.7. The number of hydrogen-bond donors (Lipinski definition) is 4. The van der Waals surface area contributed by atoms with Crippen LogP contribution < -0.4 is 19.5 Å². The first-order valence-electron chi connectivity index (χ1n) is 16.2. The average Bonchev–Trinajstić information content (AvgIpc) is 3.06. The second kappa shape index (κ2) is 13.7. The molecule has 1 amide bonds. The van der Waals surface area contributed by atoms with Gasteiger partial charge in [0.15, 0.2) is 17.2 Å². The molecule has 1 aromatic heterocycles. The van der Waals surface area contributed by atoms with Gasteiger partial charge in [-0.1, -0.05) is 0 Å². The quantitative estimate of drug-likeness (QED) is 0.236. The molecule has 47 heavy (non-hydrogen) atoms. The Morgan fingerprint density at radius 2 is 1.72 bits per heavy atom. The van der Waals surface area contributed by atoms with E-state index in [1.54, 1.807) is 24.6 Å². The lowest BCUT2D eigenvalue weighted by Gasteiger charge is -2.33. The third-order valence-corrected chi connectivity index (χ3v) is 9.28. The normalized spacial score (nSPS) is 15.1. The van der Waals surface area contributed by atoms with Crippen LogP contribution in [0.4, 0.5) is 5.69 Å². The summed E-state index contributed by atoms with van der Waals surface area (Å²) < 4.78 is 10.7. The van der Waals surface area contributed by atoms with Crippen molar-refractivity contribution in [2.75, 3.05) is 31.1 Å². The van der Waals surface area contributed by atoms with E-state index in [4.69, 9.17) is 4.74 Å². The Balaban J connectivity index is 1.65. The van der Waals surface area contributed by atoms with E-state index in [2.05, 4.69) is 48.6 Å². The number of carbonyl (C=O) groups is 2. The molecule has 0 saturated heterocycles. The van der Waals surface area contributed by atoms with Gasteiger partial charge >= 0.3 is 5.97 Å². The highest BCUT2D eigenvalue weighted by molar-refractivity contribution is 6.04. The summed E-state index contributed by atoms with van der Waals surface area (Å²) in [6.45, 7) is 13.5. The second-order valence-electron chi connectivity index (χ2n) is 11.8. The molecule has 10 nitrogen and oxygen atoms in total. The number of aromatic carboxylic acids is 1. The number of anilines is 1. The molecule has 246 valence electrons. The number of aromatic nitrogens is 1. The highest BCUT2D eigenvalue weighted by Gasteiger charge is 2.35. The van der Waals surface area contributed by atoms with Crippen molar-refractivity contribution in [1.29, 1.82) is 0 Å². The minimum absolute atomic E-state index is 0.0556. The first kappa shape index (κ1) is 33.2. The second-order valence-corrected chi connectivity index (χ2v) is 11.8. The third kappa shape index (κ3) is 6.32. The SMILES string of the molecule is CCN(CC)c1ccc2c(c1)OC1CC(=[N+](CC)CC)C=CC1=C2c1cc(C(=O)NCc2c(O)c(O)cc(C)[n+]2C)ccc1C(=O)O. The zero-order chi connectivity index (χ0) is 34.0. The van der Waals surface area contributed by atoms with E-state index in [0.717, 1.165) is 54.3 Å². The number of amides is 1. The van der Waals surface area contributed by atoms with Gasteiger partial charge < -0.3 is 30.3 Å². The molecule has 1 aliphatic heterocycles. The number of benzene rings is 2. The fourth-order valence-corrected chi connectivity index (χ4v) is 6.51. The van der Waals surface area contributed by atoms with Gasteiger partial charge in [-0.2, -0.15) is 4.57 Å². The van der Waals surface area contributed by atoms with Crippen LogP contribution in [0.5, 0.6) is 17.2 Å². The number of nitrogens with one attached hydrogen (secondary N) is 1. The summed E-state index contributed by atoms with van der Waals surface area (Å²) in [5.41, 5.74) is 6.29. The summed E-state index contributed by atoms with van der Waals surface area (Å²) >= 11 is 0. The van der Waals surface area contributed by atoms with Crippen molar-refractivity contribution in [2.45, 2.75) is 53.7 Å². The van der Waals surface area contributed by atoms with Gasteiger partial charge in [-0.25, -0.2) is 9.37 Å². The van der Waals surface area contributed by atoms with Crippen molar-refractivity contribution in [3.63, 3.8) is 0 Å². The van der Waals surface area contributed by atoms with Crippen LogP contribution in [0.15, 0.2) is 60.2 Å². The Morgan fingerprint density at radius 3 is 2.38 bits per heavy atom. The lowest BCUT2D eigenvalue weighted by Crippen LogP contribution is -2.40. The summed E-state index contributed by atoms with van der Waals surface area (Å²) in [7, 11) is 1.73. The van der Waals surface area contributed by atoms with Crippen LogP contribution in [0, 0.1) is 6.92 Å². The van der Waals surface area contributed by atoms with Crippen LogP contribution in [-0.2, 0) is 13.6 Å². The van der Waals surface area contributed by atoms with Crippen molar-refractivity contribution in [1.82, 2.24) is 5.32 Å². The number of rotatable bonds is 10. The number of carbonyl (C=O) groups excluding carboxylic acids is 1. The number of fused-ring (bicyclic) bond motifs is 2. The topological polar surface area (TPSA) is 126 Å². The molecule has 1 atom stereocenters. The fraction of sp³-hybridized carbons (Fsp3) is 0.351. The van der Waals surface area contributed by atoms with E-state index in [1.807, 2.05) is 24.3 Å². The summed E-state index contributed by atoms with van der Waals surface area (Å²) in [6.07, 6.45) is 4.38. The van der Waals surface area contributed by atoms with Gasteiger partial charge in [-0.3, -0.25) is 4.79 Å². The Labute approximate surface area is 275 Å². The van der Waals surface area contributed by atoms with Crippen LogP contribution in [0.2, 0.25) is 0 Å². The van der Waals surface area contributed by atoms with Gasteiger partial charge in [-0.05, 0) is 69.7 Å². The highest BCUT2D eigenvalue weighted by atomic mass is 16.5. The largest absolute Gasteiger partial charge is 0.504 e. The molecule has 0 radical (unpaired) electrons. The molecule has 2 aromatic carbocycles. The molecule has 1 unspecified atom stereocenters. The fourth-order valence-electron chi connectivity index (χ4n) is 6.51. The third-order valence-electron chi connectivity index (χ3n) is 9.28. The predicted molar refractivity (Wildman–Crippen MR) is 181 cm³/mol. The number of carboxylic acids is 1. The zero-order valence-corrected chi connectivity index (χ0v) is 27.9. The van der Waals surface area contributed by atoms with E-state index in [0.29, 0.717) is 29.1 Å². The lowest BCUT2D eigenvalue weighted by atomic mass is 9.81. The minimum atomic E-state index is -1.10. The minimum Gasteiger partial charge on any atom is -0.504 e. The van der Waals surface area contributed by atoms with Crippen LogP contribution in [0.3, 0.4) is 0 Å². The predicted octanol–water partition coefficient (Wildman–Crippen LogP) is 4.72. The Morgan fingerprint density at radius 1 is 1.00 bits per heavy atom. The number of aromatic hydroxyl groups is 2. The maximum absolute atomic E-state index is 13.5. The molecular formula is C37H44N4O6+2. The van der Waals surface area contributed by atoms with Gasteiger partial charge in [0.1, 0.15) is 38.5 Å². The number of hydrogen-bond acceptors (Lipinski definition) is 6. The van der Waals surface area contributed by atoms with Gasteiger partial charge in [0, 0.05) is 60.1 Å².